The number of aliphatic carboxylic acids is 1. The summed E-state index contributed by atoms with van der Waals surface area (Å²) in [6.45, 7) is 10.8. The molecule has 11 N–H and O–H groups in total. The summed E-state index contributed by atoms with van der Waals surface area (Å²) in [5.41, 5.74) is -4.78. The Bertz CT molecular complexity index is 1530. The van der Waals surface area contributed by atoms with Gasteiger partial charge in [0.25, 0.3) is 0 Å². The third-order valence-corrected chi connectivity index (χ3v) is 17.7. The van der Waals surface area contributed by atoms with Gasteiger partial charge in [-0.3, -0.25) is 0 Å². The topological polar surface area (TPSA) is 286 Å². The number of fused-ring (bicyclic) bond motifs is 5. The van der Waals surface area contributed by atoms with E-state index in [1.165, 1.54) is 0 Å². The van der Waals surface area contributed by atoms with Crippen molar-refractivity contribution in [3.63, 3.8) is 0 Å². The number of aliphatic hydroxyl groups is 10. The molecule has 0 aromatic rings. The molecule has 0 aromatic heterocycles. The summed E-state index contributed by atoms with van der Waals surface area (Å²) >= 11 is 0. The Hall–Kier alpha value is -1.13. The standard InChI is InChI=1S/C42H70O17/c1-37(2)33(52)21(45)15-42(59-37,36(53)54)20-9-13-40(5)19(20)7-8-25-38(3)12-11-26(58-35-32(51)30(49)28(47)23(17-44)57-35)39(4,24(38)10-14-41(25,40)6)18-55-34-31(50)29(48)27(46)22(16-43)56-34/h19-35,43-52H,7-18H2,1-6H3,(H,53,54)/t19-,20+,21+,22-,23-,24-,25-,26+,27-,28-,29+,30+,31-,32-,33+,34-,35+,38+,39-,40-,41-,42+/m1/s1. The molecule has 0 unspecified atom stereocenters. The molecule has 0 radical (unpaired) electrons. The zero-order valence-electron chi connectivity index (χ0n) is 35.2. The number of aliphatic hydroxyl groups excluding tert-OH is 10. The summed E-state index contributed by atoms with van der Waals surface area (Å²) in [6, 6.07) is 0. The minimum Gasteiger partial charge on any atom is -0.479 e. The van der Waals surface area contributed by atoms with Crippen LogP contribution in [0, 0.1) is 45.3 Å². The summed E-state index contributed by atoms with van der Waals surface area (Å²) in [5, 5.41) is 117. The van der Waals surface area contributed by atoms with Crippen molar-refractivity contribution in [2.75, 3.05) is 19.8 Å². The number of rotatable bonds is 9. The van der Waals surface area contributed by atoms with E-state index in [0.717, 1.165) is 25.7 Å². The van der Waals surface area contributed by atoms with E-state index < -0.39 is 121 Å². The molecule has 7 aliphatic rings. The fraction of sp³-hybridized carbons (Fsp3) is 0.976. The number of hydrogen-bond donors (Lipinski definition) is 11. The number of carbonyl (C=O) groups is 1. The van der Waals surface area contributed by atoms with Crippen molar-refractivity contribution in [2.24, 2.45) is 45.3 Å². The van der Waals surface area contributed by atoms with E-state index in [-0.39, 0.29) is 47.0 Å². The highest BCUT2D eigenvalue weighted by Crippen LogP contribution is 2.76. The van der Waals surface area contributed by atoms with Gasteiger partial charge >= 0.3 is 5.97 Å². The summed E-state index contributed by atoms with van der Waals surface area (Å²) in [7, 11) is 0. The Morgan fingerprint density at radius 2 is 1.22 bits per heavy atom. The fourth-order valence-electron chi connectivity index (χ4n) is 14.3. The van der Waals surface area contributed by atoms with E-state index in [1.807, 2.05) is 6.92 Å². The van der Waals surface area contributed by atoms with Gasteiger partial charge in [0.1, 0.15) is 54.9 Å². The molecule has 7 fully saturated rings. The Balaban J connectivity index is 1.20. The van der Waals surface area contributed by atoms with Crippen molar-refractivity contribution in [1.82, 2.24) is 0 Å². The predicted molar refractivity (Wildman–Crippen MR) is 204 cm³/mol. The van der Waals surface area contributed by atoms with Gasteiger partial charge in [-0.1, -0.05) is 27.7 Å². The lowest BCUT2D eigenvalue weighted by Gasteiger charge is -2.70. The number of carboxylic acid groups (broad SMARTS) is 1. The molecule has 17 heteroatoms. The molecule has 4 saturated carbocycles. The molecular formula is C42H70O17. The van der Waals surface area contributed by atoms with Gasteiger partial charge in [0.15, 0.2) is 18.2 Å². The van der Waals surface area contributed by atoms with E-state index in [9.17, 15) is 61.0 Å². The molecule has 340 valence electrons. The summed E-state index contributed by atoms with van der Waals surface area (Å²) in [4.78, 5) is 13.3. The average Bonchev–Trinajstić information content (AvgIpc) is 3.55. The fourth-order valence-corrected chi connectivity index (χ4v) is 14.3. The smallest absolute Gasteiger partial charge is 0.336 e. The first-order valence-electron chi connectivity index (χ1n) is 21.6. The molecule has 4 aliphatic carbocycles. The van der Waals surface area contributed by atoms with Crippen LogP contribution in [0.4, 0.5) is 0 Å². The average molecular weight is 847 g/mol. The zero-order valence-corrected chi connectivity index (χ0v) is 35.2. The molecule has 7 rings (SSSR count). The highest BCUT2D eigenvalue weighted by molar-refractivity contribution is 5.78. The van der Waals surface area contributed by atoms with Crippen molar-refractivity contribution < 1.29 is 84.7 Å². The second kappa shape index (κ2) is 15.8. The van der Waals surface area contributed by atoms with Gasteiger partial charge in [-0.05, 0) is 99.2 Å². The van der Waals surface area contributed by atoms with Crippen LogP contribution in [0.5, 0.6) is 0 Å². The maximum Gasteiger partial charge on any atom is 0.336 e. The van der Waals surface area contributed by atoms with Gasteiger partial charge in [0.2, 0.25) is 0 Å². The van der Waals surface area contributed by atoms with Gasteiger partial charge in [-0.15, -0.1) is 0 Å². The second-order valence-electron chi connectivity index (χ2n) is 20.8. The molecular weight excluding hydrogens is 776 g/mol. The van der Waals surface area contributed by atoms with Crippen molar-refractivity contribution >= 4 is 5.97 Å². The molecule has 3 saturated heterocycles. The van der Waals surface area contributed by atoms with E-state index in [0.29, 0.717) is 25.7 Å². The third kappa shape index (κ3) is 6.87. The molecule has 17 nitrogen and oxygen atoms in total. The lowest BCUT2D eigenvalue weighted by molar-refractivity contribution is -0.345. The minimum atomic E-state index is -1.67. The van der Waals surface area contributed by atoms with Crippen LogP contribution in [0.25, 0.3) is 0 Å². The monoisotopic (exact) mass is 846 g/mol. The molecule has 3 heterocycles. The van der Waals surface area contributed by atoms with E-state index in [1.54, 1.807) is 13.8 Å². The van der Waals surface area contributed by atoms with Gasteiger partial charge in [-0.2, -0.15) is 0 Å². The van der Waals surface area contributed by atoms with Crippen molar-refractivity contribution in [3.05, 3.63) is 0 Å². The van der Waals surface area contributed by atoms with Crippen LogP contribution in [0.1, 0.15) is 99.3 Å². The number of carboxylic acids is 1. The SMILES string of the molecule is CC1(C)O[C@](C(=O)O)([C@H]2CC[C@]3(C)[C@@H]2CC[C@@H]2[C@@]4(C)CC[C@H](O[C@@H]5O[C@H](CO)[C@@H](O)[C@H](O)[C@H]5O)[C@](C)(CO[C@@H]5O[C@H](CO)[C@@H](O)[C@H](O)[C@H]5O)[C@@H]4CC[C@]23C)C[C@H](O)[C@@H]1O. The Morgan fingerprint density at radius 1 is 0.644 bits per heavy atom. The van der Waals surface area contributed by atoms with Crippen LogP contribution in [0.15, 0.2) is 0 Å². The summed E-state index contributed by atoms with van der Waals surface area (Å²) < 4.78 is 30.9. The van der Waals surface area contributed by atoms with Crippen LogP contribution < -0.4 is 0 Å². The quantitative estimate of drug-likeness (QED) is 0.129. The first kappa shape index (κ1) is 45.9. The minimum absolute atomic E-state index is 0.0370. The van der Waals surface area contributed by atoms with Gasteiger partial charge in [0.05, 0.1) is 37.6 Å². The van der Waals surface area contributed by atoms with E-state index in [2.05, 4.69) is 20.8 Å². The van der Waals surface area contributed by atoms with Crippen LogP contribution in [0.2, 0.25) is 0 Å². The highest BCUT2D eigenvalue weighted by Gasteiger charge is 2.73. The maximum absolute atomic E-state index is 13.3. The van der Waals surface area contributed by atoms with Gasteiger partial charge in [-0.25, -0.2) is 4.79 Å². The number of ether oxygens (including phenoxy) is 5. The van der Waals surface area contributed by atoms with E-state index in [4.69, 9.17) is 23.7 Å². The first-order chi connectivity index (χ1) is 27.5. The Morgan fingerprint density at radius 3 is 1.80 bits per heavy atom. The van der Waals surface area contributed by atoms with Crippen molar-refractivity contribution in [2.45, 2.75) is 190 Å². The van der Waals surface area contributed by atoms with Crippen LogP contribution >= 0.6 is 0 Å². The zero-order chi connectivity index (χ0) is 43.4. The molecule has 0 aromatic carbocycles. The lowest BCUT2D eigenvalue weighted by Crippen LogP contribution is -2.68. The number of hydrogen-bond acceptors (Lipinski definition) is 16. The Labute approximate surface area is 345 Å². The summed E-state index contributed by atoms with van der Waals surface area (Å²) in [5.74, 6) is -1.53. The maximum atomic E-state index is 13.3. The highest BCUT2D eigenvalue weighted by atomic mass is 16.7. The molecule has 0 spiro atoms. The summed E-state index contributed by atoms with van der Waals surface area (Å²) in [6.07, 6.45) is -12.9. The molecule has 3 aliphatic heterocycles. The third-order valence-electron chi connectivity index (χ3n) is 17.7. The predicted octanol–water partition coefficient (Wildman–Crippen LogP) is -0.603. The van der Waals surface area contributed by atoms with Crippen LogP contribution in [0.3, 0.4) is 0 Å². The normalized spacial score (nSPS) is 56.1. The van der Waals surface area contributed by atoms with Crippen LogP contribution in [-0.4, -0.2) is 173 Å². The molecule has 59 heavy (non-hydrogen) atoms. The molecule has 0 bridgehead atoms. The van der Waals surface area contributed by atoms with Crippen molar-refractivity contribution in [3.8, 4) is 0 Å². The van der Waals surface area contributed by atoms with E-state index >= 15 is 0 Å². The first-order valence-corrected chi connectivity index (χ1v) is 21.6. The van der Waals surface area contributed by atoms with Crippen molar-refractivity contribution in [1.29, 1.82) is 0 Å². The van der Waals surface area contributed by atoms with Gasteiger partial charge in [0, 0.05) is 17.8 Å². The largest absolute Gasteiger partial charge is 0.479 e. The molecule has 22 atom stereocenters. The lowest BCUT2D eigenvalue weighted by atomic mass is 9.35. The molecule has 0 amide bonds. The van der Waals surface area contributed by atoms with Crippen LogP contribution in [-0.2, 0) is 28.5 Å². The Kier molecular flexibility index (Phi) is 12.3. The van der Waals surface area contributed by atoms with Gasteiger partial charge < -0.3 is 79.9 Å². The second-order valence-corrected chi connectivity index (χ2v) is 20.8.